The van der Waals surface area contributed by atoms with Gasteiger partial charge in [0.05, 0.1) is 12.2 Å². The molecule has 2 unspecified atom stereocenters. The summed E-state index contributed by atoms with van der Waals surface area (Å²) >= 11 is 18.8. The van der Waals surface area contributed by atoms with E-state index >= 15 is 0 Å². The highest BCUT2D eigenvalue weighted by Crippen LogP contribution is 2.34. The number of anilines is 2. The second-order valence-corrected chi connectivity index (χ2v) is 10.9. The minimum absolute atomic E-state index is 0.117. The summed E-state index contributed by atoms with van der Waals surface area (Å²) < 4.78 is 0. The molecule has 0 radical (unpaired) electrons. The zero-order valence-corrected chi connectivity index (χ0v) is 22.3. The van der Waals surface area contributed by atoms with Gasteiger partial charge < -0.3 is 15.3 Å². The first kappa shape index (κ1) is 26.3. The molecule has 2 saturated heterocycles. The Morgan fingerprint density at radius 3 is 2.51 bits per heavy atom. The molecular formula is C25H32Cl3N5O2. The Morgan fingerprint density at radius 2 is 1.83 bits per heavy atom. The molecule has 4 rings (SSSR count). The SMILES string of the molecule is CC(C(=O)O)N1CCCC(C2CCN(c3ncc(Cl)c(N[C@H](C)c4ccc(Cl)cc4Cl)n3)CC2)C1. The summed E-state index contributed by atoms with van der Waals surface area (Å²) in [6.45, 7) is 7.27. The van der Waals surface area contributed by atoms with Crippen LogP contribution in [0.4, 0.5) is 11.8 Å². The fraction of sp³-hybridized carbons (Fsp3) is 0.560. The molecule has 35 heavy (non-hydrogen) atoms. The van der Waals surface area contributed by atoms with E-state index in [4.69, 9.17) is 39.8 Å². The van der Waals surface area contributed by atoms with E-state index in [1.54, 1.807) is 19.2 Å². The second-order valence-electron chi connectivity index (χ2n) is 9.63. The zero-order valence-electron chi connectivity index (χ0n) is 20.1. The van der Waals surface area contributed by atoms with Gasteiger partial charge in [0.1, 0.15) is 11.1 Å². The van der Waals surface area contributed by atoms with Gasteiger partial charge in [0.15, 0.2) is 5.82 Å². The largest absolute Gasteiger partial charge is 0.480 e. The van der Waals surface area contributed by atoms with Gasteiger partial charge in [-0.25, -0.2) is 4.98 Å². The first-order valence-corrected chi connectivity index (χ1v) is 13.3. The van der Waals surface area contributed by atoms with E-state index in [0.29, 0.717) is 38.7 Å². The smallest absolute Gasteiger partial charge is 0.320 e. The lowest BCUT2D eigenvalue weighted by atomic mass is 9.79. The fourth-order valence-electron chi connectivity index (χ4n) is 5.25. The number of nitrogens with zero attached hydrogens (tertiary/aromatic N) is 4. The maximum Gasteiger partial charge on any atom is 0.320 e. The maximum absolute atomic E-state index is 11.4. The topological polar surface area (TPSA) is 81.6 Å². The van der Waals surface area contributed by atoms with E-state index in [1.807, 2.05) is 19.1 Å². The highest BCUT2D eigenvalue weighted by molar-refractivity contribution is 6.35. The van der Waals surface area contributed by atoms with Gasteiger partial charge in [-0.3, -0.25) is 9.69 Å². The first-order valence-electron chi connectivity index (χ1n) is 12.2. The summed E-state index contributed by atoms with van der Waals surface area (Å²) in [5, 5.41) is 14.4. The molecule has 2 aliphatic heterocycles. The predicted octanol–water partition coefficient (Wildman–Crippen LogP) is 6.01. The molecule has 0 saturated carbocycles. The van der Waals surface area contributed by atoms with Gasteiger partial charge in [-0.15, -0.1) is 0 Å². The lowest BCUT2D eigenvalue weighted by molar-refractivity contribution is -0.143. The van der Waals surface area contributed by atoms with Gasteiger partial charge in [0.2, 0.25) is 5.95 Å². The number of carboxylic acid groups (broad SMARTS) is 1. The number of aromatic nitrogens is 2. The molecule has 2 aliphatic rings. The molecule has 10 heteroatoms. The Morgan fingerprint density at radius 1 is 1.09 bits per heavy atom. The Hall–Kier alpha value is -1.80. The Bertz CT molecular complexity index is 1050. The van der Waals surface area contributed by atoms with Crippen molar-refractivity contribution in [3.8, 4) is 0 Å². The predicted molar refractivity (Wildman–Crippen MR) is 142 cm³/mol. The van der Waals surface area contributed by atoms with Crippen molar-refractivity contribution in [3.63, 3.8) is 0 Å². The lowest BCUT2D eigenvalue weighted by Crippen LogP contribution is -2.48. The lowest BCUT2D eigenvalue weighted by Gasteiger charge is -2.42. The van der Waals surface area contributed by atoms with Crippen molar-refractivity contribution >= 4 is 52.5 Å². The van der Waals surface area contributed by atoms with Gasteiger partial charge in [0, 0.05) is 29.7 Å². The third-order valence-corrected chi connectivity index (χ3v) is 8.24. The van der Waals surface area contributed by atoms with Crippen LogP contribution >= 0.6 is 34.8 Å². The second kappa shape index (κ2) is 11.5. The van der Waals surface area contributed by atoms with Crippen molar-refractivity contribution in [1.82, 2.24) is 14.9 Å². The first-order chi connectivity index (χ1) is 16.7. The molecule has 2 fully saturated rings. The summed E-state index contributed by atoms with van der Waals surface area (Å²) in [5.41, 5.74) is 0.909. The minimum Gasteiger partial charge on any atom is -0.480 e. The number of halogens is 3. The van der Waals surface area contributed by atoms with Crippen molar-refractivity contribution < 1.29 is 9.90 Å². The molecular weight excluding hydrogens is 509 g/mol. The van der Waals surface area contributed by atoms with Crippen molar-refractivity contribution in [2.24, 2.45) is 11.8 Å². The number of aliphatic carboxylic acids is 1. The van der Waals surface area contributed by atoms with Crippen LogP contribution in [0.2, 0.25) is 15.1 Å². The average molecular weight is 541 g/mol. The van der Waals surface area contributed by atoms with Crippen LogP contribution in [0.25, 0.3) is 0 Å². The van der Waals surface area contributed by atoms with Crippen LogP contribution in [0.3, 0.4) is 0 Å². The van der Waals surface area contributed by atoms with Crippen molar-refractivity contribution in [3.05, 3.63) is 45.0 Å². The maximum atomic E-state index is 11.4. The molecule has 1 aromatic heterocycles. The Kier molecular flexibility index (Phi) is 8.63. The number of nitrogens with one attached hydrogen (secondary N) is 1. The van der Waals surface area contributed by atoms with Crippen molar-refractivity contribution in [2.75, 3.05) is 36.4 Å². The molecule has 0 aliphatic carbocycles. The summed E-state index contributed by atoms with van der Waals surface area (Å²) in [7, 11) is 0. The summed E-state index contributed by atoms with van der Waals surface area (Å²) in [4.78, 5) is 25.0. The van der Waals surface area contributed by atoms with Gasteiger partial charge in [0.25, 0.3) is 0 Å². The quantitative estimate of drug-likeness (QED) is 0.445. The molecule has 2 aromatic rings. The van der Waals surface area contributed by atoms with E-state index in [-0.39, 0.29) is 6.04 Å². The van der Waals surface area contributed by atoms with Crippen molar-refractivity contribution in [2.45, 2.75) is 51.6 Å². The van der Waals surface area contributed by atoms with Gasteiger partial charge in [-0.2, -0.15) is 4.98 Å². The van der Waals surface area contributed by atoms with Crippen LogP contribution in [0.5, 0.6) is 0 Å². The van der Waals surface area contributed by atoms with E-state index in [1.165, 1.54) is 6.42 Å². The number of hydrogen-bond donors (Lipinski definition) is 2. The number of carboxylic acids is 1. The minimum atomic E-state index is -0.738. The average Bonchev–Trinajstić information content (AvgIpc) is 2.85. The summed E-state index contributed by atoms with van der Waals surface area (Å²) in [6, 6.07) is 4.89. The van der Waals surface area contributed by atoms with Crippen LogP contribution in [0.15, 0.2) is 24.4 Å². The number of likely N-dealkylation sites (tertiary alicyclic amines) is 1. The van der Waals surface area contributed by atoms with Gasteiger partial charge in [-0.1, -0.05) is 40.9 Å². The Labute approximate surface area is 221 Å². The molecule has 3 atom stereocenters. The number of rotatable bonds is 7. The monoisotopic (exact) mass is 539 g/mol. The van der Waals surface area contributed by atoms with E-state index < -0.39 is 12.0 Å². The molecule has 0 bridgehead atoms. The number of piperidine rings is 2. The fourth-order valence-corrected chi connectivity index (χ4v) is 5.97. The van der Waals surface area contributed by atoms with Crippen molar-refractivity contribution in [1.29, 1.82) is 0 Å². The summed E-state index contributed by atoms with van der Waals surface area (Å²) in [5.74, 6) is 1.63. The van der Waals surface area contributed by atoms with Gasteiger partial charge in [-0.05, 0) is 75.6 Å². The van der Waals surface area contributed by atoms with Crippen LogP contribution in [-0.4, -0.2) is 58.2 Å². The number of benzene rings is 1. The number of carbonyl (C=O) groups is 1. The van der Waals surface area contributed by atoms with E-state index in [9.17, 15) is 9.90 Å². The molecule has 0 spiro atoms. The third-order valence-electron chi connectivity index (χ3n) is 7.40. The van der Waals surface area contributed by atoms with Crippen LogP contribution in [-0.2, 0) is 4.79 Å². The normalized spacial score (nSPS) is 21.5. The summed E-state index contributed by atoms with van der Waals surface area (Å²) in [6.07, 6.45) is 5.97. The molecule has 190 valence electrons. The van der Waals surface area contributed by atoms with Crippen LogP contribution < -0.4 is 10.2 Å². The van der Waals surface area contributed by atoms with E-state index in [2.05, 4.69) is 20.1 Å². The molecule has 0 amide bonds. The molecule has 7 nitrogen and oxygen atoms in total. The Balaban J connectivity index is 1.38. The van der Waals surface area contributed by atoms with Crippen LogP contribution in [0, 0.1) is 11.8 Å². The van der Waals surface area contributed by atoms with E-state index in [0.717, 1.165) is 51.0 Å². The standard InChI is InChI=1S/C25H32Cl3N5O2/c1-15(20-6-5-19(26)12-21(20)27)30-23-22(28)13-29-25(31-23)32-10-7-17(8-11-32)18-4-3-9-33(14-18)16(2)24(34)35/h5-6,12-13,15-18H,3-4,7-11,14H2,1-2H3,(H,34,35)(H,29,30,31)/t15-,16?,18?/m1/s1. The number of hydrogen-bond acceptors (Lipinski definition) is 6. The molecule has 1 aromatic carbocycles. The van der Waals surface area contributed by atoms with Crippen LogP contribution in [0.1, 0.15) is 51.1 Å². The highest BCUT2D eigenvalue weighted by atomic mass is 35.5. The molecule has 2 N–H and O–H groups in total. The van der Waals surface area contributed by atoms with Gasteiger partial charge >= 0.3 is 5.97 Å². The third kappa shape index (κ3) is 6.31. The highest BCUT2D eigenvalue weighted by Gasteiger charge is 2.33. The molecule has 3 heterocycles. The zero-order chi connectivity index (χ0) is 25.1.